The van der Waals surface area contributed by atoms with E-state index in [1.807, 2.05) is 6.07 Å². The molecule has 0 aromatic carbocycles. The van der Waals surface area contributed by atoms with Gasteiger partial charge in [-0.05, 0) is 11.6 Å². The third-order valence-electron chi connectivity index (χ3n) is 3.41. The number of likely N-dealkylation sites (N-methyl/N-ethyl adjacent to an activating group) is 1. The standard InChI is InChI=1S/C14H16N2O5/c1-16-10(9-3-2-6-15-8-9)7-11(14(16)20)21-13(19)5-4-12(17)18/h2-3,6,8,10-11H,4-5,7H2,1H3,(H,17,18)/t10-,11-/m0/s1. The topological polar surface area (TPSA) is 96.8 Å². The average Bonchev–Trinajstić information content (AvgIpc) is 2.74. The number of aliphatic carboxylic acids is 1. The predicted octanol–water partition coefficient (Wildman–Crippen LogP) is 0.761. The van der Waals surface area contributed by atoms with Gasteiger partial charge >= 0.3 is 11.9 Å². The molecule has 1 fully saturated rings. The lowest BCUT2D eigenvalue weighted by atomic mass is 10.1. The number of carbonyl (C=O) groups excluding carboxylic acids is 2. The largest absolute Gasteiger partial charge is 0.481 e. The SMILES string of the molecule is CN1C(=O)[C@@H](OC(=O)CCC(=O)O)C[C@H]1c1cccnc1. The first kappa shape index (κ1) is 15.0. The van der Waals surface area contributed by atoms with Gasteiger partial charge < -0.3 is 14.7 Å². The van der Waals surface area contributed by atoms with E-state index in [0.717, 1.165) is 5.56 Å². The second-order valence-corrected chi connectivity index (χ2v) is 4.86. The molecule has 1 aliphatic heterocycles. The molecule has 2 rings (SSSR count). The first-order chi connectivity index (χ1) is 9.99. The minimum absolute atomic E-state index is 0.191. The number of pyridine rings is 1. The molecular formula is C14H16N2O5. The van der Waals surface area contributed by atoms with E-state index < -0.39 is 18.0 Å². The maximum absolute atomic E-state index is 12.1. The molecule has 1 N–H and O–H groups in total. The highest BCUT2D eigenvalue weighted by atomic mass is 16.5. The van der Waals surface area contributed by atoms with Gasteiger partial charge in [0.1, 0.15) is 0 Å². The number of likely N-dealkylation sites (tertiary alicyclic amines) is 1. The van der Waals surface area contributed by atoms with E-state index in [0.29, 0.717) is 6.42 Å². The first-order valence-corrected chi connectivity index (χ1v) is 6.57. The lowest BCUT2D eigenvalue weighted by Crippen LogP contribution is -2.30. The number of carboxylic acids is 1. The lowest BCUT2D eigenvalue weighted by Gasteiger charge is -2.18. The summed E-state index contributed by atoms with van der Waals surface area (Å²) in [5, 5.41) is 8.52. The van der Waals surface area contributed by atoms with Crippen LogP contribution in [0.1, 0.15) is 30.9 Å². The van der Waals surface area contributed by atoms with E-state index >= 15 is 0 Å². The number of carbonyl (C=O) groups is 3. The maximum atomic E-state index is 12.1. The van der Waals surface area contributed by atoms with E-state index in [1.54, 1.807) is 25.5 Å². The number of carboxylic acid groups (broad SMARTS) is 1. The molecular weight excluding hydrogens is 276 g/mol. The van der Waals surface area contributed by atoms with E-state index in [9.17, 15) is 14.4 Å². The number of hydrogen-bond donors (Lipinski definition) is 1. The van der Waals surface area contributed by atoms with Crippen LogP contribution in [-0.2, 0) is 19.1 Å². The molecule has 1 aliphatic rings. The van der Waals surface area contributed by atoms with Crippen LogP contribution < -0.4 is 0 Å². The molecule has 0 aliphatic carbocycles. The fourth-order valence-corrected chi connectivity index (χ4v) is 2.30. The van der Waals surface area contributed by atoms with Gasteiger partial charge in [0.05, 0.1) is 18.9 Å². The second-order valence-electron chi connectivity index (χ2n) is 4.86. The summed E-state index contributed by atoms with van der Waals surface area (Å²) in [6.45, 7) is 0. The Labute approximate surface area is 121 Å². The van der Waals surface area contributed by atoms with Crippen LogP contribution in [-0.4, -0.2) is 46.0 Å². The van der Waals surface area contributed by atoms with E-state index in [-0.39, 0.29) is 24.8 Å². The van der Waals surface area contributed by atoms with Crippen molar-refractivity contribution in [2.75, 3.05) is 7.05 Å². The highest BCUT2D eigenvalue weighted by molar-refractivity contribution is 5.86. The number of hydrogen-bond acceptors (Lipinski definition) is 5. The van der Waals surface area contributed by atoms with E-state index in [1.165, 1.54) is 4.90 Å². The van der Waals surface area contributed by atoms with Crippen molar-refractivity contribution in [1.82, 2.24) is 9.88 Å². The molecule has 112 valence electrons. The normalized spacial score (nSPS) is 21.4. The summed E-state index contributed by atoms with van der Waals surface area (Å²) in [6, 6.07) is 3.44. The second kappa shape index (κ2) is 6.34. The molecule has 0 spiro atoms. The van der Waals surface area contributed by atoms with Crippen LogP contribution in [0, 0.1) is 0 Å². The van der Waals surface area contributed by atoms with Crippen LogP contribution in [0.15, 0.2) is 24.5 Å². The van der Waals surface area contributed by atoms with Crippen molar-refractivity contribution in [3.8, 4) is 0 Å². The predicted molar refractivity (Wildman–Crippen MR) is 71.1 cm³/mol. The molecule has 0 unspecified atom stereocenters. The van der Waals surface area contributed by atoms with Crippen LogP contribution in [0.3, 0.4) is 0 Å². The van der Waals surface area contributed by atoms with E-state index in [2.05, 4.69) is 4.98 Å². The smallest absolute Gasteiger partial charge is 0.307 e. The summed E-state index contributed by atoms with van der Waals surface area (Å²) in [6.07, 6.45) is 2.26. The summed E-state index contributed by atoms with van der Waals surface area (Å²) in [4.78, 5) is 39.5. The molecule has 1 amide bonds. The van der Waals surface area contributed by atoms with Gasteiger partial charge in [0.2, 0.25) is 0 Å². The number of nitrogens with zero attached hydrogens (tertiary/aromatic N) is 2. The third-order valence-corrected chi connectivity index (χ3v) is 3.41. The van der Waals surface area contributed by atoms with Gasteiger partial charge in [-0.15, -0.1) is 0 Å². The minimum atomic E-state index is -1.07. The zero-order valence-corrected chi connectivity index (χ0v) is 11.6. The fraction of sp³-hybridized carbons (Fsp3) is 0.429. The molecule has 1 aromatic heterocycles. The molecule has 7 heteroatoms. The lowest BCUT2D eigenvalue weighted by molar-refractivity contribution is -0.157. The van der Waals surface area contributed by atoms with Gasteiger partial charge in [0.15, 0.2) is 6.10 Å². The Bertz CT molecular complexity index is 546. The van der Waals surface area contributed by atoms with Crippen LogP contribution in [0.4, 0.5) is 0 Å². The number of rotatable bonds is 5. The molecule has 1 saturated heterocycles. The highest BCUT2D eigenvalue weighted by Gasteiger charge is 2.40. The Morgan fingerprint density at radius 2 is 2.24 bits per heavy atom. The summed E-state index contributed by atoms with van der Waals surface area (Å²) < 4.78 is 5.08. The van der Waals surface area contributed by atoms with Crippen LogP contribution in [0.2, 0.25) is 0 Å². The number of ether oxygens (including phenoxy) is 1. The van der Waals surface area contributed by atoms with Crippen LogP contribution >= 0.6 is 0 Å². The molecule has 0 radical (unpaired) electrons. The Morgan fingerprint density at radius 3 is 2.86 bits per heavy atom. The van der Waals surface area contributed by atoms with Crippen molar-refractivity contribution in [1.29, 1.82) is 0 Å². The maximum Gasteiger partial charge on any atom is 0.307 e. The summed E-state index contributed by atoms with van der Waals surface area (Å²) in [5.41, 5.74) is 0.873. The van der Waals surface area contributed by atoms with Gasteiger partial charge in [0.25, 0.3) is 5.91 Å². The zero-order valence-electron chi connectivity index (χ0n) is 11.6. The average molecular weight is 292 g/mol. The van der Waals surface area contributed by atoms with Crippen molar-refractivity contribution in [3.63, 3.8) is 0 Å². The molecule has 21 heavy (non-hydrogen) atoms. The van der Waals surface area contributed by atoms with Crippen molar-refractivity contribution >= 4 is 17.8 Å². The molecule has 2 atom stereocenters. The molecule has 0 bridgehead atoms. The Balaban J connectivity index is 1.98. The van der Waals surface area contributed by atoms with Gasteiger partial charge in [-0.1, -0.05) is 6.07 Å². The third kappa shape index (κ3) is 3.56. The van der Waals surface area contributed by atoms with Gasteiger partial charge in [0, 0.05) is 25.9 Å². The summed E-state index contributed by atoms with van der Waals surface area (Å²) >= 11 is 0. The van der Waals surface area contributed by atoms with Gasteiger partial charge in [-0.3, -0.25) is 19.4 Å². The molecule has 7 nitrogen and oxygen atoms in total. The van der Waals surface area contributed by atoms with Gasteiger partial charge in [-0.25, -0.2) is 0 Å². The summed E-state index contributed by atoms with van der Waals surface area (Å²) in [7, 11) is 1.64. The minimum Gasteiger partial charge on any atom is -0.481 e. The monoisotopic (exact) mass is 292 g/mol. The van der Waals surface area contributed by atoms with E-state index in [4.69, 9.17) is 9.84 Å². The van der Waals surface area contributed by atoms with Crippen molar-refractivity contribution in [2.45, 2.75) is 31.4 Å². The Kier molecular flexibility index (Phi) is 4.52. The number of aromatic nitrogens is 1. The van der Waals surface area contributed by atoms with Gasteiger partial charge in [-0.2, -0.15) is 0 Å². The molecule has 2 heterocycles. The quantitative estimate of drug-likeness (QED) is 0.805. The number of esters is 1. The fourth-order valence-electron chi connectivity index (χ4n) is 2.30. The van der Waals surface area contributed by atoms with Crippen molar-refractivity contribution < 1.29 is 24.2 Å². The molecule has 0 saturated carbocycles. The number of amides is 1. The highest BCUT2D eigenvalue weighted by Crippen LogP contribution is 2.32. The van der Waals surface area contributed by atoms with Crippen molar-refractivity contribution in [3.05, 3.63) is 30.1 Å². The first-order valence-electron chi connectivity index (χ1n) is 6.57. The van der Waals surface area contributed by atoms with Crippen molar-refractivity contribution in [2.24, 2.45) is 0 Å². The van der Waals surface area contributed by atoms with Crippen LogP contribution in [0.5, 0.6) is 0 Å². The Morgan fingerprint density at radius 1 is 1.48 bits per heavy atom. The summed E-state index contributed by atoms with van der Waals surface area (Å²) in [5.74, 6) is -2.03. The van der Waals surface area contributed by atoms with Crippen LogP contribution in [0.25, 0.3) is 0 Å². The Hall–Kier alpha value is -2.44. The molecule has 1 aromatic rings. The zero-order chi connectivity index (χ0) is 15.4.